The highest BCUT2D eigenvalue weighted by Crippen LogP contribution is 2.16. The summed E-state index contributed by atoms with van der Waals surface area (Å²) in [5.74, 6) is 0. The van der Waals surface area contributed by atoms with E-state index < -0.39 is 0 Å². The Kier molecular flexibility index (Phi) is 9.70. The lowest BCUT2D eigenvalue weighted by Crippen LogP contribution is -2.37. The van der Waals surface area contributed by atoms with Crippen LogP contribution in [-0.4, -0.2) is 63.2 Å². The predicted molar refractivity (Wildman–Crippen MR) is 82.2 cm³/mol. The first-order valence-electron chi connectivity index (χ1n) is 7.43. The molecule has 0 aliphatic carbocycles. The van der Waals surface area contributed by atoms with E-state index in [0.29, 0.717) is 5.41 Å². The Morgan fingerprint density at radius 1 is 0.889 bits per heavy atom. The van der Waals surface area contributed by atoms with Crippen molar-refractivity contribution in [2.45, 2.75) is 40.5 Å². The maximum atomic E-state index is 3.56. The molecule has 0 bridgehead atoms. The molecule has 0 aliphatic rings. The largest absolute Gasteiger partial charge is 0.315 e. The van der Waals surface area contributed by atoms with E-state index in [1.165, 1.54) is 32.5 Å². The Hall–Kier alpha value is -0.120. The first-order valence-corrected chi connectivity index (χ1v) is 7.43. The Labute approximate surface area is 115 Å². The van der Waals surface area contributed by atoms with Crippen molar-refractivity contribution in [1.29, 1.82) is 0 Å². The van der Waals surface area contributed by atoms with Crippen LogP contribution in [-0.2, 0) is 0 Å². The molecule has 0 spiro atoms. The monoisotopic (exact) mass is 257 g/mol. The first kappa shape index (κ1) is 17.9. The zero-order valence-electron chi connectivity index (χ0n) is 13.6. The molecule has 0 saturated carbocycles. The van der Waals surface area contributed by atoms with Crippen LogP contribution in [0.3, 0.4) is 0 Å². The van der Waals surface area contributed by atoms with Gasteiger partial charge in [-0.1, -0.05) is 27.7 Å². The molecule has 0 rings (SSSR count). The Bertz CT molecular complexity index is 185. The van der Waals surface area contributed by atoms with Crippen molar-refractivity contribution in [1.82, 2.24) is 15.1 Å². The fourth-order valence-corrected chi connectivity index (χ4v) is 1.82. The van der Waals surface area contributed by atoms with Gasteiger partial charge in [0, 0.05) is 26.2 Å². The molecule has 0 amide bonds. The van der Waals surface area contributed by atoms with E-state index in [9.17, 15) is 0 Å². The van der Waals surface area contributed by atoms with E-state index in [-0.39, 0.29) is 0 Å². The van der Waals surface area contributed by atoms with Gasteiger partial charge < -0.3 is 15.1 Å². The molecule has 3 heteroatoms. The summed E-state index contributed by atoms with van der Waals surface area (Å²) in [4.78, 5) is 4.82. The van der Waals surface area contributed by atoms with Gasteiger partial charge in [-0.2, -0.15) is 0 Å². The van der Waals surface area contributed by atoms with Gasteiger partial charge in [0.25, 0.3) is 0 Å². The standard InChI is InChI=1S/C15H35N3/c1-7-11-18(14-13-17(5)6)12-10-16-9-8-15(2,3)4/h16H,7-14H2,1-6H3. The van der Waals surface area contributed by atoms with Crippen molar-refractivity contribution in [3.05, 3.63) is 0 Å². The van der Waals surface area contributed by atoms with Crippen molar-refractivity contribution in [3.63, 3.8) is 0 Å². The van der Waals surface area contributed by atoms with Crippen LogP contribution in [0.25, 0.3) is 0 Å². The smallest absolute Gasteiger partial charge is 0.0110 e. The first-order chi connectivity index (χ1) is 8.35. The van der Waals surface area contributed by atoms with Crippen molar-refractivity contribution in [2.24, 2.45) is 5.41 Å². The number of nitrogens with one attached hydrogen (secondary N) is 1. The van der Waals surface area contributed by atoms with E-state index in [1.807, 2.05) is 0 Å². The molecule has 110 valence electrons. The highest BCUT2D eigenvalue weighted by Gasteiger charge is 2.09. The summed E-state index contributed by atoms with van der Waals surface area (Å²) in [7, 11) is 4.29. The molecule has 0 aromatic heterocycles. The summed E-state index contributed by atoms with van der Waals surface area (Å²) in [5, 5.41) is 3.56. The summed E-state index contributed by atoms with van der Waals surface area (Å²) in [6, 6.07) is 0. The minimum atomic E-state index is 0.445. The number of likely N-dealkylation sites (N-methyl/N-ethyl adjacent to an activating group) is 1. The van der Waals surface area contributed by atoms with Crippen LogP contribution in [0.2, 0.25) is 0 Å². The van der Waals surface area contributed by atoms with Crippen molar-refractivity contribution in [2.75, 3.05) is 53.4 Å². The van der Waals surface area contributed by atoms with E-state index in [0.717, 1.165) is 19.6 Å². The van der Waals surface area contributed by atoms with Crippen molar-refractivity contribution < 1.29 is 0 Å². The number of hydrogen-bond donors (Lipinski definition) is 1. The van der Waals surface area contributed by atoms with Gasteiger partial charge in [-0.25, -0.2) is 0 Å². The Balaban J connectivity index is 3.63. The molecule has 0 atom stereocenters. The molecule has 1 N–H and O–H groups in total. The van der Waals surface area contributed by atoms with Gasteiger partial charge in [0.2, 0.25) is 0 Å². The molecule has 0 saturated heterocycles. The second-order valence-electron chi connectivity index (χ2n) is 6.71. The summed E-state index contributed by atoms with van der Waals surface area (Å²) < 4.78 is 0. The van der Waals surface area contributed by atoms with Crippen molar-refractivity contribution in [3.8, 4) is 0 Å². The fraction of sp³-hybridized carbons (Fsp3) is 1.00. The predicted octanol–water partition coefficient (Wildman–Crippen LogP) is 2.29. The van der Waals surface area contributed by atoms with E-state index in [2.05, 4.69) is 56.9 Å². The van der Waals surface area contributed by atoms with Crippen LogP contribution in [0.4, 0.5) is 0 Å². The van der Waals surface area contributed by atoms with Crippen LogP contribution >= 0.6 is 0 Å². The maximum Gasteiger partial charge on any atom is 0.0110 e. The average molecular weight is 257 g/mol. The van der Waals surface area contributed by atoms with Crippen LogP contribution in [0.15, 0.2) is 0 Å². The molecular formula is C15H35N3. The van der Waals surface area contributed by atoms with Gasteiger partial charge in [0.15, 0.2) is 0 Å². The van der Waals surface area contributed by atoms with Gasteiger partial charge in [-0.3, -0.25) is 0 Å². The van der Waals surface area contributed by atoms with Gasteiger partial charge in [0.1, 0.15) is 0 Å². The lowest BCUT2D eigenvalue weighted by atomic mass is 9.92. The number of hydrogen-bond acceptors (Lipinski definition) is 3. The number of rotatable bonds is 10. The summed E-state index contributed by atoms with van der Waals surface area (Å²) >= 11 is 0. The molecule has 18 heavy (non-hydrogen) atoms. The van der Waals surface area contributed by atoms with E-state index >= 15 is 0 Å². The fourth-order valence-electron chi connectivity index (χ4n) is 1.82. The zero-order chi connectivity index (χ0) is 14.0. The molecule has 0 aromatic rings. The highest BCUT2D eigenvalue weighted by molar-refractivity contribution is 4.65. The minimum absolute atomic E-state index is 0.445. The molecule has 0 aromatic carbocycles. The third kappa shape index (κ3) is 12.3. The molecule has 0 aliphatic heterocycles. The third-order valence-corrected chi connectivity index (χ3v) is 3.06. The molecule has 0 radical (unpaired) electrons. The second kappa shape index (κ2) is 9.76. The lowest BCUT2D eigenvalue weighted by molar-refractivity contribution is 0.239. The minimum Gasteiger partial charge on any atom is -0.315 e. The quantitative estimate of drug-likeness (QED) is 0.606. The molecule has 0 fully saturated rings. The van der Waals surface area contributed by atoms with E-state index in [1.54, 1.807) is 0 Å². The number of nitrogens with zero attached hydrogens (tertiary/aromatic N) is 2. The van der Waals surface area contributed by atoms with Crippen LogP contribution in [0.5, 0.6) is 0 Å². The van der Waals surface area contributed by atoms with Gasteiger partial charge in [-0.05, 0) is 45.4 Å². The molecular weight excluding hydrogens is 222 g/mol. The van der Waals surface area contributed by atoms with Crippen LogP contribution < -0.4 is 5.32 Å². The molecule has 0 heterocycles. The lowest BCUT2D eigenvalue weighted by Gasteiger charge is -2.24. The summed E-state index contributed by atoms with van der Waals surface area (Å²) in [6.45, 7) is 16.1. The third-order valence-electron chi connectivity index (χ3n) is 3.06. The van der Waals surface area contributed by atoms with Gasteiger partial charge >= 0.3 is 0 Å². The Morgan fingerprint density at radius 3 is 2.06 bits per heavy atom. The normalized spacial score (nSPS) is 12.7. The van der Waals surface area contributed by atoms with E-state index in [4.69, 9.17) is 0 Å². The Morgan fingerprint density at radius 2 is 1.56 bits per heavy atom. The summed E-state index contributed by atoms with van der Waals surface area (Å²) in [6.07, 6.45) is 2.49. The highest BCUT2D eigenvalue weighted by atomic mass is 15.2. The molecule has 3 nitrogen and oxygen atoms in total. The van der Waals surface area contributed by atoms with Crippen molar-refractivity contribution >= 4 is 0 Å². The average Bonchev–Trinajstić information content (AvgIpc) is 2.23. The SMILES string of the molecule is CCCN(CCNCCC(C)(C)C)CCN(C)C. The topological polar surface area (TPSA) is 18.5 Å². The molecule has 0 unspecified atom stereocenters. The van der Waals surface area contributed by atoms with Gasteiger partial charge in [-0.15, -0.1) is 0 Å². The second-order valence-corrected chi connectivity index (χ2v) is 6.71. The zero-order valence-corrected chi connectivity index (χ0v) is 13.6. The summed E-state index contributed by atoms with van der Waals surface area (Å²) in [5.41, 5.74) is 0.445. The van der Waals surface area contributed by atoms with Crippen LogP contribution in [0, 0.1) is 5.41 Å². The van der Waals surface area contributed by atoms with Crippen LogP contribution in [0.1, 0.15) is 40.5 Å². The maximum absolute atomic E-state index is 3.56. The van der Waals surface area contributed by atoms with Gasteiger partial charge in [0.05, 0.1) is 0 Å².